The lowest BCUT2D eigenvalue weighted by atomic mass is 10.2. The molecule has 0 saturated heterocycles. The van der Waals surface area contributed by atoms with E-state index in [1.54, 1.807) is 30.3 Å². The second-order valence-corrected chi connectivity index (χ2v) is 8.18. The third-order valence-electron chi connectivity index (χ3n) is 3.50. The van der Waals surface area contributed by atoms with E-state index in [9.17, 15) is 13.2 Å². The van der Waals surface area contributed by atoms with E-state index in [2.05, 4.69) is 5.32 Å². The van der Waals surface area contributed by atoms with Crippen molar-refractivity contribution in [1.82, 2.24) is 9.62 Å². The summed E-state index contributed by atoms with van der Waals surface area (Å²) in [7, 11) is -3.93. The van der Waals surface area contributed by atoms with Crippen LogP contribution in [0.25, 0.3) is 0 Å². The number of hydrogen-bond acceptors (Lipinski definition) is 4. The molecule has 1 amide bonds. The summed E-state index contributed by atoms with van der Waals surface area (Å²) < 4.78 is 26.9. The van der Waals surface area contributed by atoms with E-state index in [0.717, 1.165) is 4.31 Å². The Bertz CT molecular complexity index is 860. The number of carbonyl (C=O) groups is 1. The van der Waals surface area contributed by atoms with Gasteiger partial charge >= 0.3 is 0 Å². The third-order valence-corrected chi connectivity index (χ3v) is 5.89. The Morgan fingerprint density at radius 3 is 2.42 bits per heavy atom. The predicted molar refractivity (Wildman–Crippen MR) is 101 cm³/mol. The fourth-order valence-electron chi connectivity index (χ4n) is 2.22. The molecule has 9 heteroatoms. The number of nitrogens with zero attached hydrogens (tertiary/aromatic N) is 1. The highest BCUT2D eigenvalue weighted by Gasteiger charge is 2.27. The molecule has 26 heavy (non-hydrogen) atoms. The van der Waals surface area contributed by atoms with Crippen LogP contribution in [-0.4, -0.2) is 43.4 Å². The molecule has 0 heterocycles. The number of benzene rings is 2. The van der Waals surface area contributed by atoms with E-state index < -0.39 is 22.5 Å². The molecule has 2 aromatic rings. The molecule has 140 valence electrons. The Labute approximate surface area is 162 Å². The van der Waals surface area contributed by atoms with E-state index in [0.29, 0.717) is 15.6 Å². The van der Waals surface area contributed by atoms with E-state index in [1.165, 1.54) is 18.2 Å². The first-order valence-electron chi connectivity index (χ1n) is 7.71. The van der Waals surface area contributed by atoms with Crippen LogP contribution in [0.3, 0.4) is 0 Å². The predicted octanol–water partition coefficient (Wildman–Crippen LogP) is 2.29. The minimum absolute atomic E-state index is 0.0414. The van der Waals surface area contributed by atoms with Crippen LogP contribution in [0.1, 0.15) is 5.56 Å². The minimum atomic E-state index is -3.93. The van der Waals surface area contributed by atoms with Gasteiger partial charge in [0.1, 0.15) is 0 Å². The zero-order valence-corrected chi connectivity index (χ0v) is 16.1. The number of aliphatic hydroxyl groups is 1. The molecule has 0 aliphatic heterocycles. The minimum Gasteiger partial charge on any atom is -0.395 e. The van der Waals surface area contributed by atoms with Gasteiger partial charge in [0.2, 0.25) is 15.9 Å². The maximum absolute atomic E-state index is 13.0. The molecule has 0 spiro atoms. The second-order valence-electron chi connectivity index (χ2n) is 5.40. The van der Waals surface area contributed by atoms with Crippen LogP contribution in [0, 0.1) is 0 Å². The van der Waals surface area contributed by atoms with Crippen molar-refractivity contribution in [2.24, 2.45) is 0 Å². The van der Waals surface area contributed by atoms with Gasteiger partial charge < -0.3 is 10.4 Å². The lowest BCUT2D eigenvalue weighted by molar-refractivity contribution is -0.121. The van der Waals surface area contributed by atoms with Crippen molar-refractivity contribution >= 4 is 39.1 Å². The first-order chi connectivity index (χ1) is 12.3. The number of amides is 1. The van der Waals surface area contributed by atoms with Crippen molar-refractivity contribution in [1.29, 1.82) is 0 Å². The molecule has 2 N–H and O–H groups in total. The molecule has 2 aromatic carbocycles. The van der Waals surface area contributed by atoms with Gasteiger partial charge in [0, 0.05) is 23.1 Å². The third kappa shape index (κ3) is 5.43. The number of rotatable bonds is 8. The van der Waals surface area contributed by atoms with Gasteiger partial charge in [-0.3, -0.25) is 4.79 Å². The van der Waals surface area contributed by atoms with Gasteiger partial charge in [-0.2, -0.15) is 4.31 Å². The molecule has 6 nitrogen and oxygen atoms in total. The van der Waals surface area contributed by atoms with Crippen molar-refractivity contribution in [3.05, 3.63) is 64.1 Å². The summed E-state index contributed by atoms with van der Waals surface area (Å²) in [5, 5.41) is 12.0. The summed E-state index contributed by atoms with van der Waals surface area (Å²) in [6.45, 7) is -0.699. The average molecular weight is 417 g/mol. The van der Waals surface area contributed by atoms with Crippen molar-refractivity contribution in [2.75, 3.05) is 19.7 Å². The van der Waals surface area contributed by atoms with Crippen molar-refractivity contribution in [3.8, 4) is 0 Å². The normalized spacial score (nSPS) is 11.5. The topological polar surface area (TPSA) is 86.7 Å². The van der Waals surface area contributed by atoms with Gasteiger partial charge in [-0.15, -0.1) is 0 Å². The molecule has 0 radical (unpaired) electrons. The van der Waals surface area contributed by atoms with E-state index in [-0.39, 0.29) is 24.6 Å². The summed E-state index contributed by atoms with van der Waals surface area (Å²) in [5.41, 5.74) is 0.519. The molecular formula is C17H18Cl2N2O4S. The molecule has 0 saturated carbocycles. The monoisotopic (exact) mass is 416 g/mol. The average Bonchev–Trinajstić information content (AvgIpc) is 2.62. The lowest BCUT2D eigenvalue weighted by Crippen LogP contribution is -2.41. The molecule has 0 unspecified atom stereocenters. The maximum Gasteiger partial charge on any atom is 0.243 e. The molecule has 0 aliphatic carbocycles. The van der Waals surface area contributed by atoms with Crippen molar-refractivity contribution < 1.29 is 18.3 Å². The smallest absolute Gasteiger partial charge is 0.243 e. The molecular weight excluding hydrogens is 399 g/mol. The Morgan fingerprint density at radius 1 is 1.12 bits per heavy atom. The van der Waals surface area contributed by atoms with Gasteiger partial charge in [-0.05, 0) is 29.8 Å². The van der Waals surface area contributed by atoms with Crippen LogP contribution in [0.2, 0.25) is 10.0 Å². The fraction of sp³-hybridized carbons (Fsp3) is 0.235. The van der Waals surface area contributed by atoms with Gasteiger partial charge in [0.05, 0.1) is 18.0 Å². The largest absolute Gasteiger partial charge is 0.395 e. The van der Waals surface area contributed by atoms with Crippen LogP contribution in [0.15, 0.2) is 53.4 Å². The summed E-state index contributed by atoms with van der Waals surface area (Å²) >= 11 is 12.0. The Hall–Kier alpha value is -1.64. The zero-order valence-electron chi connectivity index (χ0n) is 13.7. The van der Waals surface area contributed by atoms with E-state index >= 15 is 0 Å². The number of nitrogens with one attached hydrogen (secondary N) is 1. The maximum atomic E-state index is 13.0. The zero-order chi connectivity index (χ0) is 19.2. The Balaban J connectivity index is 2.33. The Kier molecular flexibility index (Phi) is 7.43. The van der Waals surface area contributed by atoms with Crippen LogP contribution in [0.4, 0.5) is 0 Å². The number of halogens is 2. The molecule has 0 aliphatic rings. The molecule has 0 atom stereocenters. The summed E-state index contributed by atoms with van der Waals surface area (Å²) in [4.78, 5) is 12.1. The van der Waals surface area contributed by atoms with Gasteiger partial charge in [0.15, 0.2) is 0 Å². The SMILES string of the molecule is O=C(CN(Cc1ccc(Cl)cc1Cl)S(=O)(=O)c1ccccc1)NCCO. The van der Waals surface area contributed by atoms with Gasteiger partial charge in [-0.1, -0.05) is 47.5 Å². The summed E-state index contributed by atoms with van der Waals surface area (Å²) in [6, 6.07) is 12.5. The van der Waals surface area contributed by atoms with Crippen LogP contribution in [0.5, 0.6) is 0 Å². The fourth-order valence-corrected chi connectivity index (χ4v) is 4.08. The quantitative estimate of drug-likeness (QED) is 0.690. The summed E-state index contributed by atoms with van der Waals surface area (Å²) in [5.74, 6) is -0.524. The highest BCUT2D eigenvalue weighted by Crippen LogP contribution is 2.25. The molecule has 0 aromatic heterocycles. The second kappa shape index (κ2) is 9.34. The first kappa shape index (κ1) is 20.7. The number of carbonyl (C=O) groups excluding carboxylic acids is 1. The van der Waals surface area contributed by atoms with Crippen LogP contribution >= 0.6 is 23.2 Å². The van der Waals surface area contributed by atoms with Gasteiger partial charge in [0.25, 0.3) is 0 Å². The number of hydrogen-bond donors (Lipinski definition) is 2. The molecule has 0 bridgehead atoms. The molecule has 0 fully saturated rings. The Morgan fingerprint density at radius 2 is 1.81 bits per heavy atom. The van der Waals surface area contributed by atoms with E-state index in [1.807, 2.05) is 0 Å². The van der Waals surface area contributed by atoms with Crippen molar-refractivity contribution in [2.45, 2.75) is 11.4 Å². The molecule has 2 rings (SSSR count). The van der Waals surface area contributed by atoms with Crippen LogP contribution in [-0.2, 0) is 21.4 Å². The van der Waals surface area contributed by atoms with Crippen LogP contribution < -0.4 is 5.32 Å². The summed E-state index contributed by atoms with van der Waals surface area (Å²) in [6.07, 6.45) is 0. The first-order valence-corrected chi connectivity index (χ1v) is 9.91. The van der Waals surface area contributed by atoms with Gasteiger partial charge in [-0.25, -0.2) is 8.42 Å². The highest BCUT2D eigenvalue weighted by molar-refractivity contribution is 7.89. The van der Waals surface area contributed by atoms with E-state index in [4.69, 9.17) is 28.3 Å². The number of sulfonamides is 1. The standard InChI is InChI=1S/C17H18Cl2N2O4S/c18-14-7-6-13(16(19)10-14)11-21(12-17(23)20-8-9-22)26(24,25)15-4-2-1-3-5-15/h1-7,10,22H,8-9,11-12H2,(H,20,23). The number of aliphatic hydroxyl groups excluding tert-OH is 1. The van der Waals surface area contributed by atoms with Crippen molar-refractivity contribution in [3.63, 3.8) is 0 Å². The lowest BCUT2D eigenvalue weighted by Gasteiger charge is -2.22. The highest BCUT2D eigenvalue weighted by atomic mass is 35.5.